The minimum atomic E-state index is -4.38. The molecule has 3 rings (SSSR count). The molecule has 0 amide bonds. The predicted molar refractivity (Wildman–Crippen MR) is 54.6 cm³/mol. The van der Waals surface area contributed by atoms with Gasteiger partial charge in [0, 0.05) is 24.0 Å². The maximum absolute atomic E-state index is 13.1. The number of hydrogen-bond donors (Lipinski definition) is 0. The Balaban J connectivity index is 2.34. The van der Waals surface area contributed by atoms with Crippen molar-refractivity contribution >= 4 is 0 Å². The second-order valence-electron chi connectivity index (χ2n) is 4.31. The summed E-state index contributed by atoms with van der Waals surface area (Å²) < 4.78 is 49.8. The number of benzene rings is 1. The summed E-state index contributed by atoms with van der Waals surface area (Å²) in [5.41, 5.74) is 1.09. The average Bonchev–Trinajstić information content (AvgIpc) is 2.83. The first-order valence-corrected chi connectivity index (χ1v) is 5.51. The quantitative estimate of drug-likeness (QED) is 0.698. The van der Waals surface area contributed by atoms with Gasteiger partial charge in [-0.25, -0.2) is 0 Å². The molecule has 2 nitrogen and oxygen atoms in total. The smallest absolute Gasteiger partial charge is 0.420 e. The van der Waals surface area contributed by atoms with Crippen LogP contribution in [-0.2, 0) is 19.0 Å². The Morgan fingerprint density at radius 1 is 0.941 bits per heavy atom. The largest absolute Gasteiger partial charge is 0.493 e. The van der Waals surface area contributed by atoms with Crippen LogP contribution in [0.25, 0.3) is 0 Å². The van der Waals surface area contributed by atoms with Crippen LogP contribution < -0.4 is 9.47 Å². The molecular formula is C12H11F3O2. The van der Waals surface area contributed by atoms with Gasteiger partial charge in [-0.15, -0.1) is 0 Å². The zero-order chi connectivity index (χ0) is 12.2. The van der Waals surface area contributed by atoms with Crippen LogP contribution in [0.2, 0.25) is 0 Å². The van der Waals surface area contributed by atoms with E-state index in [1.165, 1.54) is 0 Å². The molecule has 2 aliphatic rings. The molecule has 2 aliphatic heterocycles. The topological polar surface area (TPSA) is 18.5 Å². The third-order valence-corrected chi connectivity index (χ3v) is 3.35. The molecule has 0 bridgehead atoms. The lowest BCUT2D eigenvalue weighted by Gasteiger charge is -2.17. The number of hydrogen-bond acceptors (Lipinski definition) is 2. The van der Waals surface area contributed by atoms with E-state index < -0.39 is 11.7 Å². The highest BCUT2D eigenvalue weighted by molar-refractivity contribution is 5.62. The van der Waals surface area contributed by atoms with Crippen LogP contribution in [0.1, 0.15) is 22.3 Å². The van der Waals surface area contributed by atoms with Crippen LogP contribution in [0.5, 0.6) is 11.5 Å². The van der Waals surface area contributed by atoms with Crippen molar-refractivity contribution in [1.29, 1.82) is 0 Å². The van der Waals surface area contributed by atoms with Gasteiger partial charge in [-0.05, 0) is 12.5 Å². The Bertz CT molecular complexity index is 456. The fourth-order valence-electron chi connectivity index (χ4n) is 2.64. The lowest BCUT2D eigenvalue weighted by Crippen LogP contribution is -2.11. The summed E-state index contributed by atoms with van der Waals surface area (Å²) in [7, 11) is 0. The summed E-state index contributed by atoms with van der Waals surface area (Å²) in [5, 5.41) is 0. The molecule has 0 aromatic heterocycles. The third-order valence-electron chi connectivity index (χ3n) is 3.35. The molecule has 1 aromatic carbocycles. The Hall–Kier alpha value is -1.39. The molecule has 5 heteroatoms. The van der Waals surface area contributed by atoms with E-state index in [0.717, 1.165) is 5.56 Å². The fraction of sp³-hybridized carbons (Fsp3) is 0.500. The van der Waals surface area contributed by atoms with Gasteiger partial charge in [0.1, 0.15) is 17.1 Å². The Kier molecular flexibility index (Phi) is 2.09. The monoisotopic (exact) mass is 244 g/mol. The van der Waals surface area contributed by atoms with Crippen molar-refractivity contribution < 1.29 is 22.6 Å². The van der Waals surface area contributed by atoms with Crippen molar-refractivity contribution in [2.24, 2.45) is 0 Å². The van der Waals surface area contributed by atoms with Gasteiger partial charge in [0.25, 0.3) is 0 Å². The molecule has 17 heavy (non-hydrogen) atoms. The third kappa shape index (κ3) is 1.41. The van der Waals surface area contributed by atoms with Crippen LogP contribution in [0, 0.1) is 6.92 Å². The van der Waals surface area contributed by atoms with Gasteiger partial charge >= 0.3 is 6.18 Å². The van der Waals surface area contributed by atoms with Crippen molar-refractivity contribution in [1.82, 2.24) is 0 Å². The van der Waals surface area contributed by atoms with Crippen LogP contribution in [-0.4, -0.2) is 13.2 Å². The molecule has 92 valence electrons. The van der Waals surface area contributed by atoms with E-state index in [-0.39, 0.29) is 11.3 Å². The highest BCUT2D eigenvalue weighted by atomic mass is 19.4. The van der Waals surface area contributed by atoms with Gasteiger partial charge in [-0.3, -0.25) is 0 Å². The first kappa shape index (κ1) is 10.7. The van der Waals surface area contributed by atoms with Gasteiger partial charge in [0.15, 0.2) is 0 Å². The average molecular weight is 244 g/mol. The van der Waals surface area contributed by atoms with Crippen LogP contribution in [0.3, 0.4) is 0 Å². The lowest BCUT2D eigenvalue weighted by atomic mass is 9.94. The molecule has 0 spiro atoms. The van der Waals surface area contributed by atoms with Crippen molar-refractivity contribution in [3.8, 4) is 11.5 Å². The molecule has 0 N–H and O–H groups in total. The van der Waals surface area contributed by atoms with Crippen molar-refractivity contribution in [2.45, 2.75) is 25.9 Å². The standard InChI is InChI=1S/C12H11F3O2/c1-6-7-2-4-17-11(7)9(12(13,14)15)8-3-5-16-10(6)8/h2-5H2,1H3. The van der Waals surface area contributed by atoms with Gasteiger partial charge in [0.05, 0.1) is 13.2 Å². The molecule has 0 fully saturated rings. The fourth-order valence-corrected chi connectivity index (χ4v) is 2.64. The van der Waals surface area contributed by atoms with Crippen LogP contribution >= 0.6 is 0 Å². The maximum atomic E-state index is 13.1. The van der Waals surface area contributed by atoms with Crippen LogP contribution in [0.15, 0.2) is 0 Å². The van der Waals surface area contributed by atoms with Crippen molar-refractivity contribution in [3.05, 3.63) is 22.3 Å². The molecule has 2 heterocycles. The normalized spacial score (nSPS) is 17.4. The van der Waals surface area contributed by atoms with Gasteiger partial charge in [0.2, 0.25) is 0 Å². The summed E-state index contributed by atoms with van der Waals surface area (Å²) in [6, 6.07) is 0. The molecule has 0 saturated heterocycles. The van der Waals surface area contributed by atoms with E-state index >= 15 is 0 Å². The molecular weight excluding hydrogens is 233 g/mol. The van der Waals surface area contributed by atoms with E-state index in [1.54, 1.807) is 6.92 Å². The molecule has 0 saturated carbocycles. The second kappa shape index (κ2) is 3.31. The lowest BCUT2D eigenvalue weighted by molar-refractivity contribution is -0.139. The SMILES string of the molecule is Cc1c2c(c(C(F)(F)F)c3c1OCC3)OCC2. The summed E-state index contributed by atoms with van der Waals surface area (Å²) in [6.45, 7) is 2.45. The number of halogens is 3. The number of ether oxygens (including phenoxy) is 2. The summed E-state index contributed by atoms with van der Waals surface area (Å²) in [5.74, 6) is 0.445. The second-order valence-corrected chi connectivity index (χ2v) is 4.31. The van der Waals surface area contributed by atoms with Gasteiger partial charge in [-0.1, -0.05) is 0 Å². The minimum absolute atomic E-state index is 0.0271. The number of rotatable bonds is 0. The molecule has 1 aromatic rings. The van der Waals surface area contributed by atoms with E-state index in [9.17, 15) is 13.2 Å². The van der Waals surface area contributed by atoms with E-state index in [2.05, 4.69) is 0 Å². The summed E-state index contributed by atoms with van der Waals surface area (Å²) in [4.78, 5) is 0. The predicted octanol–water partition coefficient (Wildman–Crippen LogP) is 2.88. The Morgan fingerprint density at radius 3 is 2.18 bits per heavy atom. The van der Waals surface area contributed by atoms with Gasteiger partial charge in [-0.2, -0.15) is 13.2 Å². The van der Waals surface area contributed by atoms with Gasteiger partial charge < -0.3 is 9.47 Å². The number of fused-ring (bicyclic) bond motifs is 2. The zero-order valence-electron chi connectivity index (χ0n) is 9.28. The Morgan fingerprint density at radius 2 is 1.53 bits per heavy atom. The van der Waals surface area contributed by atoms with E-state index in [4.69, 9.17) is 9.47 Å². The Labute approximate surface area is 96.3 Å². The molecule has 0 atom stereocenters. The highest BCUT2D eigenvalue weighted by Crippen LogP contribution is 2.50. The molecule has 0 aliphatic carbocycles. The molecule has 0 radical (unpaired) electrons. The zero-order valence-corrected chi connectivity index (χ0v) is 9.28. The summed E-state index contributed by atoms with van der Waals surface area (Å²) in [6.07, 6.45) is -3.54. The molecule has 0 unspecified atom stereocenters. The minimum Gasteiger partial charge on any atom is -0.493 e. The summed E-state index contributed by atoms with van der Waals surface area (Å²) >= 11 is 0. The van der Waals surface area contributed by atoms with Crippen LogP contribution in [0.4, 0.5) is 13.2 Å². The van der Waals surface area contributed by atoms with Crippen molar-refractivity contribution in [3.63, 3.8) is 0 Å². The van der Waals surface area contributed by atoms with Crippen molar-refractivity contribution in [2.75, 3.05) is 13.2 Å². The first-order chi connectivity index (χ1) is 8.00. The maximum Gasteiger partial charge on any atom is 0.420 e. The van der Waals surface area contributed by atoms with E-state index in [0.29, 0.717) is 37.4 Å². The number of alkyl halides is 3. The first-order valence-electron chi connectivity index (χ1n) is 5.51. The highest BCUT2D eigenvalue weighted by Gasteiger charge is 2.43. The van der Waals surface area contributed by atoms with E-state index in [1.807, 2.05) is 0 Å².